The number of Topliss-reactive ketones (excluding diaryl/α,β-unsaturated/α-hetero) is 1. The molecule has 4 aliphatic carbocycles. The summed E-state index contributed by atoms with van der Waals surface area (Å²) < 4.78 is 11.1. The Morgan fingerprint density at radius 1 is 1.06 bits per heavy atom. The lowest BCUT2D eigenvalue weighted by Crippen LogP contribution is -2.69. The molecule has 34 heavy (non-hydrogen) atoms. The molecule has 4 aliphatic rings. The van der Waals surface area contributed by atoms with E-state index in [-0.39, 0.29) is 51.9 Å². The Hall–Kier alpha value is -2.11. The van der Waals surface area contributed by atoms with Crippen molar-refractivity contribution in [2.24, 2.45) is 38.9 Å². The predicted molar refractivity (Wildman–Crippen MR) is 128 cm³/mol. The van der Waals surface area contributed by atoms with Crippen LogP contribution >= 0.6 is 0 Å². The first-order chi connectivity index (χ1) is 15.6. The molecule has 0 spiro atoms. The van der Waals surface area contributed by atoms with Crippen molar-refractivity contribution in [3.8, 4) is 0 Å². The van der Waals surface area contributed by atoms with E-state index in [2.05, 4.69) is 33.8 Å². The summed E-state index contributed by atoms with van der Waals surface area (Å²) in [6.45, 7) is 15.6. The van der Waals surface area contributed by atoms with Crippen molar-refractivity contribution in [3.05, 3.63) is 23.0 Å². The maximum absolute atomic E-state index is 14.0. The molecule has 0 heterocycles. The minimum absolute atomic E-state index is 0.0116. The molecule has 7 atom stereocenters. The van der Waals surface area contributed by atoms with Gasteiger partial charge in [-0.1, -0.05) is 39.3 Å². The molecule has 7 unspecified atom stereocenters. The van der Waals surface area contributed by atoms with Crippen LogP contribution in [0.5, 0.6) is 0 Å². The molecular formula is C28H40O6. The van der Waals surface area contributed by atoms with Crippen LogP contribution in [0.4, 0.5) is 0 Å². The van der Waals surface area contributed by atoms with Gasteiger partial charge in [0.1, 0.15) is 11.9 Å². The summed E-state index contributed by atoms with van der Waals surface area (Å²) in [7, 11) is 1.34. The van der Waals surface area contributed by atoms with E-state index in [1.54, 1.807) is 6.92 Å². The summed E-state index contributed by atoms with van der Waals surface area (Å²) in [6, 6.07) is 0. The van der Waals surface area contributed by atoms with Crippen LogP contribution in [-0.4, -0.2) is 36.0 Å². The number of allylic oxidation sites excluding steroid dienone is 3. The first kappa shape index (κ1) is 25.0. The van der Waals surface area contributed by atoms with Gasteiger partial charge in [0.2, 0.25) is 0 Å². The zero-order chi connectivity index (χ0) is 25.6. The van der Waals surface area contributed by atoms with Crippen molar-refractivity contribution in [3.63, 3.8) is 0 Å². The van der Waals surface area contributed by atoms with Crippen LogP contribution in [0.3, 0.4) is 0 Å². The van der Waals surface area contributed by atoms with Crippen molar-refractivity contribution < 1.29 is 29.0 Å². The number of hydrogen-bond donors (Lipinski definition) is 1. The molecule has 188 valence electrons. The van der Waals surface area contributed by atoms with Crippen LogP contribution in [0.1, 0.15) is 81.1 Å². The molecule has 0 aromatic heterocycles. The highest BCUT2D eigenvalue weighted by molar-refractivity contribution is 6.17. The van der Waals surface area contributed by atoms with Gasteiger partial charge in [-0.2, -0.15) is 0 Å². The fraction of sp³-hybridized carbons (Fsp3) is 0.750. The minimum Gasteiger partial charge on any atom is -0.511 e. The molecule has 2 fully saturated rings. The lowest BCUT2D eigenvalue weighted by molar-refractivity contribution is -0.219. The average molecular weight is 473 g/mol. The van der Waals surface area contributed by atoms with Gasteiger partial charge in [-0.25, -0.2) is 0 Å². The standard InChI is InChI=1S/C28H40O6/c1-15-14-19-25(6)12-11-20(34-17(3)29)24(4,5)18(25)10-13-26(19,7)28(23(32)33-9)22(31)16(2)21(30)27(15,28)8/h14,18-20,30H,10-13H2,1-9H3. The Balaban J connectivity index is 1.94. The van der Waals surface area contributed by atoms with E-state index in [0.29, 0.717) is 6.42 Å². The Bertz CT molecular complexity index is 1040. The minimum atomic E-state index is -1.52. The highest BCUT2D eigenvalue weighted by Crippen LogP contribution is 2.77. The Morgan fingerprint density at radius 3 is 2.24 bits per heavy atom. The van der Waals surface area contributed by atoms with Gasteiger partial charge in [0, 0.05) is 17.9 Å². The number of hydrogen-bond acceptors (Lipinski definition) is 6. The summed E-state index contributed by atoms with van der Waals surface area (Å²) >= 11 is 0. The number of ether oxygens (including phenoxy) is 2. The van der Waals surface area contributed by atoms with E-state index >= 15 is 0 Å². The Labute approximate surface area is 203 Å². The first-order valence-corrected chi connectivity index (χ1v) is 12.5. The molecule has 6 nitrogen and oxygen atoms in total. The number of carbonyl (C=O) groups excluding carboxylic acids is 3. The Kier molecular flexibility index (Phi) is 5.30. The third kappa shape index (κ3) is 2.50. The van der Waals surface area contributed by atoms with Gasteiger partial charge in [-0.15, -0.1) is 0 Å². The smallest absolute Gasteiger partial charge is 0.321 e. The summed E-state index contributed by atoms with van der Waals surface area (Å²) in [5.41, 5.74) is -2.77. The van der Waals surface area contributed by atoms with E-state index in [0.717, 1.165) is 24.8 Å². The summed E-state index contributed by atoms with van der Waals surface area (Å²) in [5.74, 6) is -0.982. The number of aliphatic hydroxyl groups is 1. The van der Waals surface area contributed by atoms with E-state index in [1.165, 1.54) is 14.0 Å². The largest absolute Gasteiger partial charge is 0.511 e. The lowest BCUT2D eigenvalue weighted by Gasteiger charge is -2.68. The zero-order valence-electron chi connectivity index (χ0n) is 22.1. The van der Waals surface area contributed by atoms with Crippen molar-refractivity contribution in [1.29, 1.82) is 0 Å². The summed E-state index contributed by atoms with van der Waals surface area (Å²) in [6.07, 6.45) is 5.05. The zero-order valence-corrected chi connectivity index (χ0v) is 22.1. The highest BCUT2D eigenvalue weighted by atomic mass is 16.5. The fourth-order valence-corrected chi connectivity index (χ4v) is 9.25. The van der Waals surface area contributed by atoms with E-state index in [9.17, 15) is 19.5 Å². The number of methoxy groups -OCH3 is 1. The molecule has 0 aliphatic heterocycles. The summed E-state index contributed by atoms with van der Waals surface area (Å²) in [4.78, 5) is 39.6. The monoisotopic (exact) mass is 472 g/mol. The molecule has 2 saturated carbocycles. The van der Waals surface area contributed by atoms with E-state index in [4.69, 9.17) is 9.47 Å². The van der Waals surface area contributed by atoms with Gasteiger partial charge in [0.25, 0.3) is 0 Å². The Morgan fingerprint density at radius 2 is 1.68 bits per heavy atom. The number of ketones is 1. The average Bonchev–Trinajstić information content (AvgIpc) is 2.91. The second-order valence-corrected chi connectivity index (χ2v) is 12.5. The van der Waals surface area contributed by atoms with Crippen LogP contribution in [0, 0.1) is 38.9 Å². The van der Waals surface area contributed by atoms with Crippen molar-refractivity contribution in [1.82, 2.24) is 0 Å². The van der Waals surface area contributed by atoms with Gasteiger partial charge in [0.05, 0.1) is 12.5 Å². The lowest BCUT2D eigenvalue weighted by atomic mass is 9.33. The van der Waals surface area contributed by atoms with Gasteiger partial charge in [0.15, 0.2) is 11.2 Å². The van der Waals surface area contributed by atoms with E-state index in [1.807, 2.05) is 13.8 Å². The molecule has 0 radical (unpaired) electrons. The van der Waals surface area contributed by atoms with Gasteiger partial charge in [-0.3, -0.25) is 14.4 Å². The predicted octanol–water partition coefficient (Wildman–Crippen LogP) is 5.32. The van der Waals surface area contributed by atoms with Crippen molar-refractivity contribution in [2.75, 3.05) is 7.11 Å². The molecule has 0 aromatic carbocycles. The second kappa shape index (κ2) is 7.20. The van der Waals surface area contributed by atoms with Crippen LogP contribution < -0.4 is 0 Å². The number of carbonyl (C=O) groups is 3. The number of fused-ring (bicyclic) bond motifs is 5. The fourth-order valence-electron chi connectivity index (χ4n) is 9.25. The van der Waals surface area contributed by atoms with E-state index < -0.39 is 22.2 Å². The molecular weight excluding hydrogens is 432 g/mol. The van der Waals surface area contributed by atoms with Crippen LogP contribution in [0.2, 0.25) is 0 Å². The SMILES string of the molecule is COC(=O)C12C(=O)C(C)=C(O)C1(C)C(C)=CC1C3(C)CCC(OC(C)=O)C(C)(C)C3CCC12C. The molecule has 0 bridgehead atoms. The maximum atomic E-state index is 14.0. The van der Waals surface area contributed by atoms with Gasteiger partial charge in [-0.05, 0) is 69.1 Å². The van der Waals surface area contributed by atoms with Crippen LogP contribution in [-0.2, 0) is 23.9 Å². The normalized spacial score (nSPS) is 45.0. The molecule has 1 N–H and O–H groups in total. The quantitative estimate of drug-likeness (QED) is 0.332. The van der Waals surface area contributed by atoms with Crippen molar-refractivity contribution >= 4 is 17.7 Å². The van der Waals surface area contributed by atoms with Gasteiger partial charge >= 0.3 is 11.9 Å². The number of aliphatic hydroxyl groups excluding tert-OH is 1. The number of esters is 2. The maximum Gasteiger partial charge on any atom is 0.321 e. The third-order valence-corrected chi connectivity index (χ3v) is 10.9. The molecule has 0 amide bonds. The van der Waals surface area contributed by atoms with Crippen LogP contribution in [0.15, 0.2) is 23.0 Å². The second-order valence-electron chi connectivity index (χ2n) is 12.5. The summed E-state index contributed by atoms with van der Waals surface area (Å²) in [5, 5.41) is 11.3. The third-order valence-electron chi connectivity index (χ3n) is 10.9. The highest BCUT2D eigenvalue weighted by Gasteiger charge is 2.80. The number of rotatable bonds is 2. The molecule has 0 aromatic rings. The van der Waals surface area contributed by atoms with Crippen molar-refractivity contribution in [2.45, 2.75) is 87.2 Å². The topological polar surface area (TPSA) is 89.9 Å². The van der Waals surface area contributed by atoms with Crippen LogP contribution in [0.25, 0.3) is 0 Å². The first-order valence-electron chi connectivity index (χ1n) is 12.5. The molecule has 6 heteroatoms. The molecule has 4 rings (SSSR count). The van der Waals surface area contributed by atoms with Gasteiger partial charge < -0.3 is 14.6 Å². The molecule has 0 saturated heterocycles.